The summed E-state index contributed by atoms with van der Waals surface area (Å²) in [5.74, 6) is 0.0120. The summed E-state index contributed by atoms with van der Waals surface area (Å²) in [7, 11) is 1.53. The molecule has 0 aliphatic carbocycles. The molecule has 0 spiro atoms. The van der Waals surface area contributed by atoms with Crippen LogP contribution in [-0.4, -0.2) is 46.2 Å². The number of urea groups is 1. The van der Waals surface area contributed by atoms with Crippen molar-refractivity contribution in [3.8, 4) is 11.3 Å². The molecule has 31 heavy (non-hydrogen) atoms. The Hall–Kier alpha value is -4.14. The summed E-state index contributed by atoms with van der Waals surface area (Å²) >= 11 is 0. The highest BCUT2D eigenvalue weighted by molar-refractivity contribution is 6.09. The third-order valence-electron chi connectivity index (χ3n) is 4.94. The number of carbonyl (C=O) groups is 3. The number of aromatic amines is 1. The number of hydrogen-bond acceptors (Lipinski definition) is 5. The summed E-state index contributed by atoms with van der Waals surface area (Å²) in [5.41, 5.74) is 4.04. The highest BCUT2D eigenvalue weighted by atomic mass is 16.2. The van der Waals surface area contributed by atoms with Gasteiger partial charge in [0, 0.05) is 37.1 Å². The zero-order chi connectivity index (χ0) is 22.0. The SMILES string of the molecule is CNC(=O)N1CC(=O)c2c([nH]c(-c3ccnc(NC(C)=O)c3)c2Nc2ccccc2)C1. The van der Waals surface area contributed by atoms with E-state index in [1.165, 1.54) is 18.9 Å². The third-order valence-corrected chi connectivity index (χ3v) is 4.94. The molecule has 1 aliphatic rings. The first-order valence-corrected chi connectivity index (χ1v) is 9.77. The van der Waals surface area contributed by atoms with Crippen molar-refractivity contribution in [3.05, 3.63) is 59.9 Å². The maximum atomic E-state index is 13.0. The van der Waals surface area contributed by atoms with Crippen LogP contribution in [0.3, 0.4) is 0 Å². The zero-order valence-electron chi connectivity index (χ0n) is 17.2. The average Bonchev–Trinajstić information content (AvgIpc) is 3.12. The maximum Gasteiger partial charge on any atom is 0.317 e. The first-order chi connectivity index (χ1) is 15.0. The van der Waals surface area contributed by atoms with Gasteiger partial charge in [0.2, 0.25) is 5.91 Å². The molecule has 1 aromatic carbocycles. The predicted octanol–water partition coefficient (Wildman–Crippen LogP) is 3.12. The van der Waals surface area contributed by atoms with Crippen LogP contribution in [0.25, 0.3) is 11.3 Å². The second kappa shape index (κ2) is 8.31. The number of amides is 3. The van der Waals surface area contributed by atoms with Crippen LogP contribution in [0.2, 0.25) is 0 Å². The van der Waals surface area contributed by atoms with E-state index in [4.69, 9.17) is 0 Å². The molecule has 0 radical (unpaired) electrons. The van der Waals surface area contributed by atoms with E-state index in [2.05, 4.69) is 25.9 Å². The van der Waals surface area contributed by atoms with Gasteiger partial charge in [0.05, 0.1) is 30.0 Å². The molecule has 0 bridgehead atoms. The molecule has 3 amide bonds. The maximum absolute atomic E-state index is 13.0. The first-order valence-electron chi connectivity index (χ1n) is 9.77. The number of anilines is 3. The summed E-state index contributed by atoms with van der Waals surface area (Å²) in [6.45, 7) is 1.67. The number of para-hydroxylation sites is 1. The van der Waals surface area contributed by atoms with Gasteiger partial charge in [0.1, 0.15) is 5.82 Å². The van der Waals surface area contributed by atoms with Gasteiger partial charge >= 0.3 is 6.03 Å². The third kappa shape index (κ3) is 4.11. The summed E-state index contributed by atoms with van der Waals surface area (Å²) in [5, 5.41) is 8.58. The largest absolute Gasteiger partial charge is 0.355 e. The van der Waals surface area contributed by atoms with E-state index < -0.39 is 0 Å². The standard InChI is InChI=1S/C22H22N6O3/c1-13(29)25-18-10-14(8-9-24-18)20-21(26-15-6-4-3-5-7-15)19-16(27-20)11-28(12-17(19)30)22(31)23-2/h3-10,26-27H,11-12H2,1-2H3,(H,23,31)(H,24,25,29). The van der Waals surface area contributed by atoms with E-state index in [1.54, 1.807) is 18.3 Å². The molecule has 4 N–H and O–H groups in total. The van der Waals surface area contributed by atoms with E-state index in [9.17, 15) is 14.4 Å². The topological polar surface area (TPSA) is 119 Å². The minimum Gasteiger partial charge on any atom is -0.355 e. The molecule has 0 saturated carbocycles. The lowest BCUT2D eigenvalue weighted by Crippen LogP contribution is -2.43. The van der Waals surface area contributed by atoms with Gasteiger partial charge in [-0.15, -0.1) is 0 Å². The summed E-state index contributed by atoms with van der Waals surface area (Å²) < 4.78 is 0. The van der Waals surface area contributed by atoms with Gasteiger partial charge in [-0.3, -0.25) is 9.59 Å². The lowest BCUT2D eigenvalue weighted by molar-refractivity contribution is -0.114. The van der Waals surface area contributed by atoms with E-state index in [0.29, 0.717) is 28.5 Å². The molecule has 0 unspecified atom stereocenters. The first kappa shape index (κ1) is 20.1. The van der Waals surface area contributed by atoms with Gasteiger partial charge in [-0.25, -0.2) is 9.78 Å². The van der Waals surface area contributed by atoms with Crippen LogP contribution in [0.5, 0.6) is 0 Å². The Morgan fingerprint density at radius 1 is 1.13 bits per heavy atom. The van der Waals surface area contributed by atoms with Gasteiger partial charge in [0.15, 0.2) is 5.78 Å². The number of benzene rings is 1. The molecule has 9 nitrogen and oxygen atoms in total. The van der Waals surface area contributed by atoms with E-state index in [-0.39, 0.29) is 30.8 Å². The van der Waals surface area contributed by atoms with Gasteiger partial charge in [-0.1, -0.05) is 18.2 Å². The van der Waals surface area contributed by atoms with Gasteiger partial charge in [0.25, 0.3) is 0 Å². The number of carbonyl (C=O) groups excluding carboxylic acids is 3. The van der Waals surface area contributed by atoms with Crippen molar-refractivity contribution in [2.45, 2.75) is 13.5 Å². The Labute approximate surface area is 178 Å². The fourth-order valence-corrected chi connectivity index (χ4v) is 3.62. The van der Waals surface area contributed by atoms with Crippen LogP contribution >= 0.6 is 0 Å². The van der Waals surface area contributed by atoms with Crippen LogP contribution < -0.4 is 16.0 Å². The Balaban J connectivity index is 1.82. The number of rotatable bonds is 4. The number of fused-ring (bicyclic) bond motifs is 1. The van der Waals surface area contributed by atoms with Crippen molar-refractivity contribution < 1.29 is 14.4 Å². The number of aromatic nitrogens is 2. The lowest BCUT2D eigenvalue weighted by atomic mass is 10.0. The summed E-state index contributed by atoms with van der Waals surface area (Å²) in [4.78, 5) is 45.5. The van der Waals surface area contributed by atoms with E-state index in [1.807, 2.05) is 30.3 Å². The van der Waals surface area contributed by atoms with Crippen molar-refractivity contribution in [3.63, 3.8) is 0 Å². The fraction of sp³-hybridized carbons (Fsp3) is 0.182. The number of hydrogen-bond donors (Lipinski definition) is 4. The second-order valence-electron chi connectivity index (χ2n) is 7.16. The molecule has 2 aromatic heterocycles. The molecule has 3 aromatic rings. The van der Waals surface area contributed by atoms with Crippen molar-refractivity contribution in [1.29, 1.82) is 0 Å². The number of nitrogens with zero attached hydrogens (tertiary/aromatic N) is 2. The fourth-order valence-electron chi connectivity index (χ4n) is 3.62. The minimum atomic E-state index is -0.315. The Bertz CT molecular complexity index is 1160. The molecular weight excluding hydrogens is 396 g/mol. The average molecular weight is 418 g/mol. The number of ketones is 1. The quantitative estimate of drug-likeness (QED) is 0.519. The Morgan fingerprint density at radius 3 is 2.61 bits per heavy atom. The number of H-pyrrole nitrogens is 1. The molecule has 0 saturated heterocycles. The molecule has 0 atom stereocenters. The van der Waals surface area contributed by atoms with Crippen molar-refractivity contribution in [2.24, 2.45) is 0 Å². The smallest absolute Gasteiger partial charge is 0.317 e. The summed E-state index contributed by atoms with van der Waals surface area (Å²) in [6, 6.07) is 12.7. The van der Waals surface area contributed by atoms with E-state index >= 15 is 0 Å². The van der Waals surface area contributed by atoms with Gasteiger partial charge < -0.3 is 25.8 Å². The molecule has 3 heterocycles. The number of Topliss-reactive ketones (excluding diaryl/α,β-unsaturated/α-hetero) is 1. The van der Waals surface area contributed by atoms with Crippen molar-refractivity contribution in [2.75, 3.05) is 24.2 Å². The normalized spacial score (nSPS) is 12.8. The molecule has 1 aliphatic heterocycles. The molecule has 158 valence electrons. The highest BCUT2D eigenvalue weighted by Crippen LogP contribution is 2.38. The van der Waals surface area contributed by atoms with Crippen LogP contribution in [-0.2, 0) is 11.3 Å². The van der Waals surface area contributed by atoms with Crippen molar-refractivity contribution >= 4 is 34.9 Å². The molecule has 0 fully saturated rings. The Morgan fingerprint density at radius 2 is 1.90 bits per heavy atom. The van der Waals surface area contributed by atoms with Gasteiger partial charge in [-0.2, -0.15) is 0 Å². The minimum absolute atomic E-state index is 0.0130. The molecule has 4 rings (SSSR count). The number of nitrogens with one attached hydrogen (secondary N) is 4. The monoisotopic (exact) mass is 418 g/mol. The summed E-state index contributed by atoms with van der Waals surface area (Å²) in [6.07, 6.45) is 1.59. The highest BCUT2D eigenvalue weighted by Gasteiger charge is 2.32. The van der Waals surface area contributed by atoms with E-state index in [0.717, 1.165) is 11.3 Å². The van der Waals surface area contributed by atoms with Crippen LogP contribution in [0.4, 0.5) is 22.0 Å². The zero-order valence-corrected chi connectivity index (χ0v) is 17.2. The molecule has 9 heteroatoms. The second-order valence-corrected chi connectivity index (χ2v) is 7.16. The molecular formula is C22H22N6O3. The predicted molar refractivity (Wildman–Crippen MR) is 117 cm³/mol. The van der Waals surface area contributed by atoms with Crippen LogP contribution in [0.1, 0.15) is 23.0 Å². The van der Waals surface area contributed by atoms with Crippen LogP contribution in [0.15, 0.2) is 48.7 Å². The Kier molecular flexibility index (Phi) is 5.40. The van der Waals surface area contributed by atoms with Crippen LogP contribution in [0, 0.1) is 0 Å². The lowest BCUT2D eigenvalue weighted by Gasteiger charge is -2.26. The number of pyridine rings is 1. The van der Waals surface area contributed by atoms with Gasteiger partial charge in [-0.05, 0) is 24.3 Å². The van der Waals surface area contributed by atoms with Crippen molar-refractivity contribution in [1.82, 2.24) is 20.2 Å².